The lowest BCUT2D eigenvalue weighted by atomic mass is 10.0. The van der Waals surface area contributed by atoms with Crippen molar-refractivity contribution < 1.29 is 9.59 Å². The third-order valence-electron chi connectivity index (χ3n) is 3.25. The van der Waals surface area contributed by atoms with Gasteiger partial charge in [-0.2, -0.15) is 0 Å². The summed E-state index contributed by atoms with van der Waals surface area (Å²) in [6.45, 7) is 2.65. The SMILES string of the molecule is CCCNC(=O)CNC(=O)Cc1cccc2ccccc12. The lowest BCUT2D eigenvalue weighted by molar-refractivity contribution is -0.125. The number of benzene rings is 2. The van der Waals surface area contributed by atoms with Crippen LogP contribution >= 0.6 is 0 Å². The van der Waals surface area contributed by atoms with Gasteiger partial charge in [0.05, 0.1) is 13.0 Å². The molecule has 0 aliphatic rings. The van der Waals surface area contributed by atoms with Crippen LogP contribution in [-0.2, 0) is 16.0 Å². The van der Waals surface area contributed by atoms with Crippen molar-refractivity contribution in [2.45, 2.75) is 19.8 Å². The van der Waals surface area contributed by atoms with Gasteiger partial charge in [0.1, 0.15) is 0 Å². The maximum Gasteiger partial charge on any atom is 0.239 e. The molecule has 0 aromatic heterocycles. The molecule has 4 heteroatoms. The molecule has 0 spiro atoms. The second kappa shape index (κ2) is 7.43. The molecule has 0 atom stereocenters. The quantitative estimate of drug-likeness (QED) is 0.852. The average Bonchev–Trinajstić information content (AvgIpc) is 2.51. The van der Waals surface area contributed by atoms with Crippen LogP contribution in [0, 0.1) is 0 Å². The van der Waals surface area contributed by atoms with Gasteiger partial charge in [0.2, 0.25) is 11.8 Å². The first-order chi connectivity index (χ1) is 10.2. The number of hydrogen-bond acceptors (Lipinski definition) is 2. The van der Waals surface area contributed by atoms with E-state index in [0.29, 0.717) is 6.54 Å². The number of amides is 2. The number of rotatable bonds is 6. The summed E-state index contributed by atoms with van der Waals surface area (Å²) in [6, 6.07) is 13.9. The van der Waals surface area contributed by atoms with E-state index in [9.17, 15) is 9.59 Å². The van der Waals surface area contributed by atoms with Crippen LogP contribution in [0.5, 0.6) is 0 Å². The van der Waals surface area contributed by atoms with E-state index in [1.165, 1.54) is 0 Å². The first-order valence-corrected chi connectivity index (χ1v) is 7.20. The fourth-order valence-corrected chi connectivity index (χ4v) is 2.19. The molecule has 2 rings (SSSR count). The van der Waals surface area contributed by atoms with Gasteiger partial charge in [-0.05, 0) is 22.8 Å². The van der Waals surface area contributed by atoms with Crippen LogP contribution in [0.2, 0.25) is 0 Å². The normalized spacial score (nSPS) is 10.3. The molecule has 0 saturated heterocycles. The fourth-order valence-electron chi connectivity index (χ4n) is 2.19. The van der Waals surface area contributed by atoms with Gasteiger partial charge in [0.15, 0.2) is 0 Å². The minimum atomic E-state index is -0.150. The Hall–Kier alpha value is -2.36. The monoisotopic (exact) mass is 284 g/mol. The Morgan fingerprint density at radius 3 is 2.52 bits per heavy atom. The van der Waals surface area contributed by atoms with Crippen LogP contribution in [0.3, 0.4) is 0 Å². The van der Waals surface area contributed by atoms with Crippen molar-refractivity contribution in [1.82, 2.24) is 10.6 Å². The summed E-state index contributed by atoms with van der Waals surface area (Å²) >= 11 is 0. The van der Waals surface area contributed by atoms with Crippen molar-refractivity contribution in [1.29, 1.82) is 0 Å². The van der Waals surface area contributed by atoms with Crippen LogP contribution in [0.15, 0.2) is 42.5 Å². The van der Waals surface area contributed by atoms with Crippen molar-refractivity contribution >= 4 is 22.6 Å². The molecule has 4 nitrogen and oxygen atoms in total. The van der Waals surface area contributed by atoms with Crippen LogP contribution in [0.25, 0.3) is 10.8 Å². The van der Waals surface area contributed by atoms with Gasteiger partial charge in [-0.15, -0.1) is 0 Å². The third-order valence-corrected chi connectivity index (χ3v) is 3.25. The Bertz CT molecular complexity index is 632. The van der Waals surface area contributed by atoms with Crippen molar-refractivity contribution in [3.63, 3.8) is 0 Å². The standard InChI is InChI=1S/C17H20N2O2/c1-2-10-18-17(21)12-19-16(20)11-14-8-5-7-13-6-3-4-9-15(13)14/h3-9H,2,10-12H2,1H3,(H,18,21)(H,19,20). The molecule has 2 N–H and O–H groups in total. The van der Waals surface area contributed by atoms with Gasteiger partial charge in [0.25, 0.3) is 0 Å². The first-order valence-electron chi connectivity index (χ1n) is 7.20. The van der Waals surface area contributed by atoms with Gasteiger partial charge >= 0.3 is 0 Å². The fraction of sp³-hybridized carbons (Fsp3) is 0.294. The number of hydrogen-bond donors (Lipinski definition) is 2. The Morgan fingerprint density at radius 1 is 0.952 bits per heavy atom. The van der Waals surface area contributed by atoms with Gasteiger partial charge in [-0.3, -0.25) is 9.59 Å². The van der Waals surface area contributed by atoms with Crippen LogP contribution in [0.4, 0.5) is 0 Å². The van der Waals surface area contributed by atoms with E-state index in [-0.39, 0.29) is 24.8 Å². The van der Waals surface area contributed by atoms with E-state index in [0.717, 1.165) is 22.8 Å². The zero-order valence-electron chi connectivity index (χ0n) is 12.2. The highest BCUT2D eigenvalue weighted by Gasteiger charge is 2.08. The summed E-state index contributed by atoms with van der Waals surface area (Å²) in [5.41, 5.74) is 0.972. The Kier molecular flexibility index (Phi) is 5.32. The molecule has 0 unspecified atom stereocenters. The lowest BCUT2D eigenvalue weighted by Gasteiger charge is -2.08. The van der Waals surface area contributed by atoms with Crippen molar-refractivity contribution in [2.75, 3.05) is 13.1 Å². The zero-order valence-corrected chi connectivity index (χ0v) is 12.2. The second-order valence-corrected chi connectivity index (χ2v) is 4.94. The highest BCUT2D eigenvalue weighted by Crippen LogP contribution is 2.18. The van der Waals surface area contributed by atoms with E-state index in [2.05, 4.69) is 10.6 Å². The molecule has 0 aliphatic heterocycles. The molecule has 0 fully saturated rings. The Balaban J connectivity index is 1.94. The van der Waals surface area contributed by atoms with E-state index < -0.39 is 0 Å². The van der Waals surface area contributed by atoms with Crippen LogP contribution in [-0.4, -0.2) is 24.9 Å². The highest BCUT2D eigenvalue weighted by atomic mass is 16.2. The van der Waals surface area contributed by atoms with Gasteiger partial charge in [-0.1, -0.05) is 49.4 Å². The van der Waals surface area contributed by atoms with E-state index >= 15 is 0 Å². The molecule has 0 radical (unpaired) electrons. The van der Waals surface area contributed by atoms with E-state index in [1.807, 2.05) is 49.4 Å². The topological polar surface area (TPSA) is 58.2 Å². The summed E-state index contributed by atoms with van der Waals surface area (Å²) in [4.78, 5) is 23.4. The van der Waals surface area contributed by atoms with Crippen LogP contribution < -0.4 is 10.6 Å². The summed E-state index contributed by atoms with van der Waals surface area (Å²) in [6.07, 6.45) is 1.16. The van der Waals surface area contributed by atoms with E-state index in [4.69, 9.17) is 0 Å². The largest absolute Gasteiger partial charge is 0.355 e. The van der Waals surface area contributed by atoms with Crippen molar-refractivity contribution in [2.24, 2.45) is 0 Å². The minimum absolute atomic E-state index is 0.0313. The minimum Gasteiger partial charge on any atom is -0.355 e. The number of carbonyl (C=O) groups excluding carboxylic acids is 2. The smallest absolute Gasteiger partial charge is 0.239 e. The van der Waals surface area contributed by atoms with Crippen molar-refractivity contribution in [3.8, 4) is 0 Å². The Morgan fingerprint density at radius 2 is 1.71 bits per heavy atom. The van der Waals surface area contributed by atoms with E-state index in [1.54, 1.807) is 0 Å². The Labute approximate surface area is 124 Å². The van der Waals surface area contributed by atoms with Crippen LogP contribution in [0.1, 0.15) is 18.9 Å². The summed E-state index contributed by atoms with van der Waals surface area (Å²) in [7, 11) is 0. The first kappa shape index (κ1) is 15.0. The molecule has 2 aromatic rings. The summed E-state index contributed by atoms with van der Waals surface area (Å²) in [5, 5.41) is 7.57. The summed E-state index contributed by atoms with van der Waals surface area (Å²) in [5.74, 6) is -0.291. The average molecular weight is 284 g/mol. The molecule has 21 heavy (non-hydrogen) atoms. The predicted octanol–water partition coefficient (Wildman–Crippen LogP) is 2.02. The molecule has 0 saturated carbocycles. The molecule has 110 valence electrons. The zero-order chi connectivity index (χ0) is 15.1. The number of fused-ring (bicyclic) bond motifs is 1. The molecule has 0 aliphatic carbocycles. The van der Waals surface area contributed by atoms with Crippen molar-refractivity contribution in [3.05, 3.63) is 48.0 Å². The van der Waals surface area contributed by atoms with Gasteiger partial charge < -0.3 is 10.6 Å². The predicted molar refractivity (Wildman–Crippen MR) is 84.0 cm³/mol. The molecular formula is C17H20N2O2. The molecule has 0 heterocycles. The summed E-state index contributed by atoms with van der Waals surface area (Å²) < 4.78 is 0. The molecule has 0 bridgehead atoms. The third kappa shape index (κ3) is 4.31. The highest BCUT2D eigenvalue weighted by molar-refractivity contribution is 5.91. The molecule has 2 aromatic carbocycles. The molecule has 2 amide bonds. The lowest BCUT2D eigenvalue weighted by Crippen LogP contribution is -2.37. The van der Waals surface area contributed by atoms with Gasteiger partial charge in [-0.25, -0.2) is 0 Å². The second-order valence-electron chi connectivity index (χ2n) is 4.94. The number of carbonyl (C=O) groups is 2. The van der Waals surface area contributed by atoms with Gasteiger partial charge in [0, 0.05) is 6.54 Å². The number of nitrogens with one attached hydrogen (secondary N) is 2. The maximum absolute atomic E-state index is 11.9. The maximum atomic E-state index is 11.9. The molecular weight excluding hydrogens is 264 g/mol.